The number of aliphatic hydroxyl groups is 1. The minimum Gasteiger partial charge on any atom is -0.481 e. The predicted molar refractivity (Wildman–Crippen MR) is 50.1 cm³/mol. The van der Waals surface area contributed by atoms with Crippen LogP contribution in [0.4, 0.5) is 0 Å². The molecule has 0 aliphatic carbocycles. The van der Waals surface area contributed by atoms with E-state index in [0.29, 0.717) is 19.3 Å². The molecular weight excluding hydrogens is 168 g/mol. The lowest BCUT2D eigenvalue weighted by atomic mass is 9.84. The van der Waals surface area contributed by atoms with Crippen LogP contribution in [0.25, 0.3) is 0 Å². The van der Waals surface area contributed by atoms with E-state index in [9.17, 15) is 9.90 Å². The van der Waals surface area contributed by atoms with Gasteiger partial charge in [0.15, 0.2) is 0 Å². The molecule has 0 radical (unpaired) electrons. The molecule has 3 heteroatoms. The van der Waals surface area contributed by atoms with Gasteiger partial charge < -0.3 is 10.2 Å². The van der Waals surface area contributed by atoms with Gasteiger partial charge in [0.05, 0.1) is 11.5 Å². The van der Waals surface area contributed by atoms with Crippen LogP contribution in [-0.2, 0) is 4.79 Å². The van der Waals surface area contributed by atoms with E-state index in [0.717, 1.165) is 0 Å². The summed E-state index contributed by atoms with van der Waals surface area (Å²) >= 11 is 0. The fourth-order valence-electron chi connectivity index (χ4n) is 0.901. The lowest BCUT2D eigenvalue weighted by molar-refractivity contribution is -0.153. The van der Waals surface area contributed by atoms with Crippen LogP contribution >= 0.6 is 0 Å². The second kappa shape index (κ2) is 4.88. The molecule has 0 aliphatic rings. The van der Waals surface area contributed by atoms with Crippen molar-refractivity contribution in [2.75, 3.05) is 0 Å². The summed E-state index contributed by atoms with van der Waals surface area (Å²) in [5.41, 5.74) is -1.09. The molecule has 0 fully saturated rings. The Bertz CT molecular complexity index is 213. The summed E-state index contributed by atoms with van der Waals surface area (Å²) in [6.07, 6.45) is 5.87. The molecule has 0 unspecified atom stereocenters. The van der Waals surface area contributed by atoms with Gasteiger partial charge in [0.25, 0.3) is 0 Å². The Hall–Kier alpha value is -1.01. The van der Waals surface area contributed by atoms with Crippen LogP contribution in [0.3, 0.4) is 0 Å². The van der Waals surface area contributed by atoms with Crippen LogP contribution in [0.15, 0.2) is 0 Å². The summed E-state index contributed by atoms with van der Waals surface area (Å²) in [6, 6.07) is 0. The van der Waals surface area contributed by atoms with E-state index in [2.05, 4.69) is 5.92 Å². The molecule has 0 amide bonds. The third-order valence-corrected chi connectivity index (χ3v) is 2.18. The smallest absolute Gasteiger partial charge is 0.311 e. The number of rotatable bonds is 5. The van der Waals surface area contributed by atoms with E-state index in [4.69, 9.17) is 11.5 Å². The van der Waals surface area contributed by atoms with Crippen molar-refractivity contribution >= 4 is 5.97 Å². The van der Waals surface area contributed by atoms with Gasteiger partial charge in [-0.15, -0.1) is 12.3 Å². The molecular formula is C10H16O3. The third kappa shape index (κ3) is 3.47. The van der Waals surface area contributed by atoms with Crippen molar-refractivity contribution in [3.8, 4) is 12.3 Å². The van der Waals surface area contributed by atoms with Gasteiger partial charge in [0, 0.05) is 6.42 Å². The maximum absolute atomic E-state index is 10.7. The van der Waals surface area contributed by atoms with E-state index in [1.165, 1.54) is 13.8 Å². The van der Waals surface area contributed by atoms with E-state index < -0.39 is 17.5 Å². The van der Waals surface area contributed by atoms with Gasteiger partial charge in [-0.1, -0.05) is 0 Å². The maximum Gasteiger partial charge on any atom is 0.311 e. The van der Waals surface area contributed by atoms with Crippen LogP contribution < -0.4 is 0 Å². The highest BCUT2D eigenvalue weighted by atomic mass is 16.4. The van der Waals surface area contributed by atoms with Gasteiger partial charge in [-0.3, -0.25) is 4.79 Å². The third-order valence-electron chi connectivity index (χ3n) is 2.18. The minimum absolute atomic E-state index is 0.434. The Morgan fingerprint density at radius 3 is 2.54 bits per heavy atom. The summed E-state index contributed by atoms with van der Waals surface area (Å²) in [5, 5.41) is 18.3. The fourth-order valence-corrected chi connectivity index (χ4v) is 0.901. The average Bonchev–Trinajstić information content (AvgIpc) is 2.04. The number of carbonyl (C=O) groups is 1. The van der Waals surface area contributed by atoms with Crippen molar-refractivity contribution in [1.29, 1.82) is 0 Å². The number of unbranched alkanes of at least 4 members (excludes halogenated alkanes) is 1. The van der Waals surface area contributed by atoms with Gasteiger partial charge in [-0.05, 0) is 26.7 Å². The van der Waals surface area contributed by atoms with Crippen LogP contribution in [0.2, 0.25) is 0 Å². The highest BCUT2D eigenvalue weighted by Gasteiger charge is 2.34. The molecule has 0 aromatic carbocycles. The number of carboxylic acid groups (broad SMARTS) is 1. The van der Waals surface area contributed by atoms with Gasteiger partial charge in [0.1, 0.15) is 0 Å². The second-order valence-corrected chi connectivity index (χ2v) is 3.64. The number of hydrogen-bond donors (Lipinski definition) is 2. The summed E-state index contributed by atoms with van der Waals surface area (Å²) in [4.78, 5) is 10.7. The summed E-state index contributed by atoms with van der Waals surface area (Å²) < 4.78 is 0. The quantitative estimate of drug-likeness (QED) is 0.499. The molecule has 3 nitrogen and oxygen atoms in total. The largest absolute Gasteiger partial charge is 0.481 e. The highest BCUT2D eigenvalue weighted by Crippen LogP contribution is 2.24. The molecule has 2 N–H and O–H groups in total. The van der Waals surface area contributed by atoms with E-state index in [-0.39, 0.29) is 0 Å². The first-order valence-corrected chi connectivity index (χ1v) is 4.28. The zero-order valence-electron chi connectivity index (χ0n) is 8.08. The molecule has 0 saturated heterocycles. The Kier molecular flexibility index (Phi) is 4.50. The number of aliphatic hydroxyl groups excluding tert-OH is 1. The number of terminal acetylenes is 1. The first-order chi connectivity index (χ1) is 5.92. The molecule has 0 saturated carbocycles. The first-order valence-electron chi connectivity index (χ1n) is 4.28. The van der Waals surface area contributed by atoms with Crippen molar-refractivity contribution in [2.45, 2.75) is 39.2 Å². The Labute approximate surface area is 78.8 Å². The Morgan fingerprint density at radius 2 is 2.15 bits per heavy atom. The molecule has 74 valence electrons. The van der Waals surface area contributed by atoms with Crippen LogP contribution in [0.1, 0.15) is 33.1 Å². The highest BCUT2D eigenvalue weighted by molar-refractivity contribution is 5.74. The molecule has 0 aromatic rings. The van der Waals surface area contributed by atoms with Crippen LogP contribution in [0, 0.1) is 17.8 Å². The molecule has 1 atom stereocenters. The number of aliphatic carboxylic acids is 1. The molecule has 13 heavy (non-hydrogen) atoms. The average molecular weight is 184 g/mol. The zero-order valence-corrected chi connectivity index (χ0v) is 8.08. The summed E-state index contributed by atoms with van der Waals surface area (Å²) in [6.45, 7) is 3.02. The Balaban J connectivity index is 4.03. The summed E-state index contributed by atoms with van der Waals surface area (Å²) in [7, 11) is 0. The van der Waals surface area contributed by atoms with E-state index >= 15 is 0 Å². The molecule has 0 heterocycles. The molecule has 0 aromatic heterocycles. The van der Waals surface area contributed by atoms with E-state index in [1.807, 2.05) is 0 Å². The van der Waals surface area contributed by atoms with Crippen LogP contribution in [-0.4, -0.2) is 22.3 Å². The normalized spacial score (nSPS) is 13.4. The second-order valence-electron chi connectivity index (χ2n) is 3.64. The van der Waals surface area contributed by atoms with Crippen molar-refractivity contribution < 1.29 is 15.0 Å². The molecule has 0 bridgehead atoms. The van der Waals surface area contributed by atoms with Crippen molar-refractivity contribution in [3.63, 3.8) is 0 Å². The zero-order chi connectivity index (χ0) is 10.5. The van der Waals surface area contributed by atoms with Crippen molar-refractivity contribution in [1.82, 2.24) is 0 Å². The van der Waals surface area contributed by atoms with Crippen LogP contribution in [0.5, 0.6) is 0 Å². The standard InChI is InChI=1S/C10H16O3/c1-4-5-6-7-8(11)10(2,3)9(12)13/h1,8,11H,5-7H2,2-3H3,(H,12,13)/t8-/m0/s1. The Morgan fingerprint density at radius 1 is 1.62 bits per heavy atom. The first kappa shape index (κ1) is 12.0. The monoisotopic (exact) mass is 184 g/mol. The number of hydrogen-bond acceptors (Lipinski definition) is 2. The number of carboxylic acids is 1. The SMILES string of the molecule is C#CCCC[C@H](O)C(C)(C)C(=O)O. The predicted octanol–water partition coefficient (Wildman–Crippen LogP) is 1.26. The lowest BCUT2D eigenvalue weighted by Crippen LogP contribution is -2.36. The molecule has 0 rings (SSSR count). The van der Waals surface area contributed by atoms with Gasteiger partial charge in [0.2, 0.25) is 0 Å². The minimum atomic E-state index is -1.09. The molecule has 0 aliphatic heterocycles. The van der Waals surface area contributed by atoms with Gasteiger partial charge in [-0.2, -0.15) is 0 Å². The van der Waals surface area contributed by atoms with Gasteiger partial charge >= 0.3 is 5.97 Å². The summed E-state index contributed by atoms with van der Waals surface area (Å²) in [5.74, 6) is 1.46. The van der Waals surface area contributed by atoms with Gasteiger partial charge in [-0.25, -0.2) is 0 Å². The topological polar surface area (TPSA) is 57.5 Å². The maximum atomic E-state index is 10.7. The van der Waals surface area contributed by atoms with E-state index in [1.54, 1.807) is 0 Å². The fraction of sp³-hybridized carbons (Fsp3) is 0.700. The lowest BCUT2D eigenvalue weighted by Gasteiger charge is -2.25. The van der Waals surface area contributed by atoms with Crippen molar-refractivity contribution in [3.05, 3.63) is 0 Å². The molecule has 0 spiro atoms. The van der Waals surface area contributed by atoms with Crippen molar-refractivity contribution in [2.24, 2.45) is 5.41 Å².